The molecule has 1 saturated heterocycles. The molecule has 1 fully saturated rings. The Hall–Kier alpha value is -1.58. The van der Waals surface area contributed by atoms with Gasteiger partial charge in [0.15, 0.2) is 0 Å². The highest BCUT2D eigenvalue weighted by molar-refractivity contribution is 6.07. The summed E-state index contributed by atoms with van der Waals surface area (Å²) < 4.78 is 0. The Morgan fingerprint density at radius 1 is 1.15 bits per heavy atom. The van der Waals surface area contributed by atoms with Crippen LogP contribution in [0, 0.1) is 0 Å². The number of benzene rings is 2. The van der Waals surface area contributed by atoms with Crippen molar-refractivity contribution in [1.82, 2.24) is 4.90 Å². The van der Waals surface area contributed by atoms with Gasteiger partial charge in [0.05, 0.1) is 0 Å². The van der Waals surface area contributed by atoms with E-state index < -0.39 is 0 Å². The van der Waals surface area contributed by atoms with Crippen molar-refractivity contribution in [3.05, 3.63) is 48.0 Å². The third-order valence-corrected chi connectivity index (χ3v) is 3.77. The maximum Gasteiger partial charge on any atom is 0.254 e. The molecule has 20 heavy (non-hydrogen) atoms. The summed E-state index contributed by atoms with van der Waals surface area (Å²) in [6, 6.07) is 14.0. The van der Waals surface area contributed by atoms with E-state index in [1.165, 1.54) is 0 Å². The minimum absolute atomic E-state index is 0. The molecule has 1 heterocycles. The zero-order valence-corrected chi connectivity index (χ0v) is 12.1. The predicted octanol–water partition coefficient (Wildman–Crippen LogP) is 2.82. The van der Waals surface area contributed by atoms with Crippen molar-refractivity contribution in [2.75, 3.05) is 13.1 Å². The summed E-state index contributed by atoms with van der Waals surface area (Å²) in [5, 5.41) is 2.13. The van der Waals surface area contributed by atoms with Crippen molar-refractivity contribution < 1.29 is 4.79 Å². The van der Waals surface area contributed by atoms with Crippen LogP contribution >= 0.6 is 12.4 Å². The SMILES string of the molecule is Cl.N[C@@H]1CCCN(C(=O)c2cccc3ccccc23)C1. The van der Waals surface area contributed by atoms with Crippen LogP contribution in [0.1, 0.15) is 23.2 Å². The second-order valence-electron chi connectivity index (χ2n) is 5.18. The smallest absolute Gasteiger partial charge is 0.254 e. The average molecular weight is 291 g/mol. The average Bonchev–Trinajstić information content (AvgIpc) is 2.46. The molecule has 0 unspecified atom stereocenters. The van der Waals surface area contributed by atoms with Crippen molar-refractivity contribution in [3.8, 4) is 0 Å². The first kappa shape index (κ1) is 14.8. The highest BCUT2D eigenvalue weighted by Crippen LogP contribution is 2.21. The summed E-state index contributed by atoms with van der Waals surface area (Å²) in [5.41, 5.74) is 6.74. The van der Waals surface area contributed by atoms with Gasteiger partial charge >= 0.3 is 0 Å². The van der Waals surface area contributed by atoms with Crippen LogP contribution in [0.4, 0.5) is 0 Å². The lowest BCUT2D eigenvalue weighted by atomic mass is 10.0. The molecule has 0 radical (unpaired) electrons. The van der Waals surface area contributed by atoms with E-state index in [0.717, 1.165) is 35.7 Å². The van der Waals surface area contributed by atoms with E-state index in [0.29, 0.717) is 6.54 Å². The molecule has 106 valence electrons. The summed E-state index contributed by atoms with van der Waals surface area (Å²) >= 11 is 0. The molecule has 4 heteroatoms. The third kappa shape index (κ3) is 2.79. The number of nitrogens with zero attached hydrogens (tertiary/aromatic N) is 1. The van der Waals surface area contributed by atoms with E-state index in [4.69, 9.17) is 5.73 Å². The Balaban J connectivity index is 0.00000147. The molecular weight excluding hydrogens is 272 g/mol. The van der Waals surface area contributed by atoms with Crippen LogP contribution < -0.4 is 5.73 Å². The van der Waals surface area contributed by atoms with Gasteiger partial charge in [-0.15, -0.1) is 12.4 Å². The molecule has 2 aromatic carbocycles. The van der Waals surface area contributed by atoms with Gasteiger partial charge in [-0.3, -0.25) is 4.79 Å². The van der Waals surface area contributed by atoms with Gasteiger partial charge in [-0.2, -0.15) is 0 Å². The Morgan fingerprint density at radius 2 is 1.90 bits per heavy atom. The largest absolute Gasteiger partial charge is 0.337 e. The summed E-state index contributed by atoms with van der Waals surface area (Å²) in [5.74, 6) is 0.104. The number of hydrogen-bond donors (Lipinski definition) is 1. The predicted molar refractivity (Wildman–Crippen MR) is 84.3 cm³/mol. The normalized spacial score (nSPS) is 18.6. The maximum atomic E-state index is 12.6. The topological polar surface area (TPSA) is 46.3 Å². The van der Waals surface area contributed by atoms with Gasteiger partial charge in [0, 0.05) is 24.7 Å². The van der Waals surface area contributed by atoms with Gasteiger partial charge < -0.3 is 10.6 Å². The molecule has 0 saturated carbocycles. The van der Waals surface area contributed by atoms with Crippen LogP contribution in [0.3, 0.4) is 0 Å². The Labute approximate surface area is 125 Å². The number of hydrogen-bond acceptors (Lipinski definition) is 2. The van der Waals surface area contributed by atoms with Crippen LogP contribution in [0.25, 0.3) is 10.8 Å². The molecule has 2 N–H and O–H groups in total. The van der Waals surface area contributed by atoms with E-state index in [9.17, 15) is 4.79 Å². The van der Waals surface area contributed by atoms with Crippen molar-refractivity contribution in [2.24, 2.45) is 5.73 Å². The first-order chi connectivity index (χ1) is 9.25. The van der Waals surface area contributed by atoms with Gasteiger partial charge in [0.2, 0.25) is 0 Å². The Bertz CT molecular complexity index is 609. The highest BCUT2D eigenvalue weighted by atomic mass is 35.5. The van der Waals surface area contributed by atoms with E-state index in [1.54, 1.807) is 0 Å². The van der Waals surface area contributed by atoms with Gasteiger partial charge in [0.1, 0.15) is 0 Å². The molecule has 0 aliphatic carbocycles. The fourth-order valence-electron chi connectivity index (χ4n) is 2.78. The molecule has 0 spiro atoms. The number of amides is 1. The van der Waals surface area contributed by atoms with Crippen molar-refractivity contribution in [3.63, 3.8) is 0 Å². The molecule has 2 aromatic rings. The second-order valence-corrected chi connectivity index (χ2v) is 5.18. The van der Waals surface area contributed by atoms with Gasteiger partial charge in [0.25, 0.3) is 5.91 Å². The van der Waals surface area contributed by atoms with E-state index in [2.05, 4.69) is 0 Å². The lowest BCUT2D eigenvalue weighted by molar-refractivity contribution is 0.0711. The van der Waals surface area contributed by atoms with Crippen molar-refractivity contribution in [2.45, 2.75) is 18.9 Å². The lowest BCUT2D eigenvalue weighted by Crippen LogP contribution is -2.45. The van der Waals surface area contributed by atoms with E-state index >= 15 is 0 Å². The number of piperidine rings is 1. The second kappa shape index (κ2) is 6.25. The number of nitrogens with two attached hydrogens (primary N) is 1. The van der Waals surface area contributed by atoms with E-state index in [1.807, 2.05) is 47.4 Å². The van der Waals surface area contributed by atoms with Gasteiger partial charge in [-0.05, 0) is 29.7 Å². The molecule has 0 bridgehead atoms. The zero-order valence-electron chi connectivity index (χ0n) is 11.3. The first-order valence-electron chi connectivity index (χ1n) is 6.78. The molecule has 1 aliphatic heterocycles. The molecule has 1 aliphatic rings. The number of carbonyl (C=O) groups is 1. The summed E-state index contributed by atoms with van der Waals surface area (Å²) in [7, 11) is 0. The summed E-state index contributed by atoms with van der Waals surface area (Å²) in [6.07, 6.45) is 2.01. The number of fused-ring (bicyclic) bond motifs is 1. The number of carbonyl (C=O) groups excluding carboxylic acids is 1. The Morgan fingerprint density at radius 3 is 2.70 bits per heavy atom. The molecule has 1 amide bonds. The molecule has 1 atom stereocenters. The number of halogens is 1. The minimum atomic E-state index is 0. The minimum Gasteiger partial charge on any atom is -0.337 e. The Kier molecular flexibility index (Phi) is 4.63. The maximum absolute atomic E-state index is 12.6. The summed E-state index contributed by atoms with van der Waals surface area (Å²) in [6.45, 7) is 1.48. The van der Waals surface area contributed by atoms with Crippen LogP contribution in [0.2, 0.25) is 0 Å². The van der Waals surface area contributed by atoms with Crippen molar-refractivity contribution in [1.29, 1.82) is 0 Å². The molecular formula is C16H19ClN2O. The van der Waals surface area contributed by atoms with Gasteiger partial charge in [-0.1, -0.05) is 36.4 Å². The number of likely N-dealkylation sites (tertiary alicyclic amines) is 1. The van der Waals surface area contributed by atoms with Crippen LogP contribution in [0.15, 0.2) is 42.5 Å². The fraction of sp³-hybridized carbons (Fsp3) is 0.312. The van der Waals surface area contributed by atoms with E-state index in [-0.39, 0.29) is 24.4 Å². The standard InChI is InChI=1S/C16H18N2O.ClH/c17-13-7-4-10-18(11-13)16(19)15-9-3-6-12-5-1-2-8-14(12)15;/h1-3,5-6,8-9,13H,4,7,10-11,17H2;1H/t13-;/m1./s1. The van der Waals surface area contributed by atoms with Crippen LogP contribution in [-0.4, -0.2) is 29.9 Å². The highest BCUT2D eigenvalue weighted by Gasteiger charge is 2.23. The van der Waals surface area contributed by atoms with Crippen molar-refractivity contribution >= 4 is 29.1 Å². The lowest BCUT2D eigenvalue weighted by Gasteiger charge is -2.31. The molecule has 3 nitrogen and oxygen atoms in total. The zero-order chi connectivity index (χ0) is 13.2. The monoisotopic (exact) mass is 290 g/mol. The number of rotatable bonds is 1. The van der Waals surface area contributed by atoms with Crippen LogP contribution in [0.5, 0.6) is 0 Å². The first-order valence-corrected chi connectivity index (χ1v) is 6.78. The van der Waals surface area contributed by atoms with Gasteiger partial charge in [-0.25, -0.2) is 0 Å². The third-order valence-electron chi connectivity index (χ3n) is 3.77. The summed E-state index contributed by atoms with van der Waals surface area (Å²) in [4.78, 5) is 14.5. The molecule has 3 rings (SSSR count). The molecule has 0 aromatic heterocycles. The quantitative estimate of drug-likeness (QED) is 0.878. The van der Waals surface area contributed by atoms with Crippen LogP contribution in [-0.2, 0) is 0 Å². The fourth-order valence-corrected chi connectivity index (χ4v) is 2.78.